The van der Waals surface area contributed by atoms with Gasteiger partial charge < -0.3 is 57.6 Å². The van der Waals surface area contributed by atoms with Crippen LogP contribution in [0.25, 0.3) is 0 Å². The number of aromatic hydroxyl groups is 1. The van der Waals surface area contributed by atoms with Crippen molar-refractivity contribution in [2.75, 3.05) is 61.7 Å². The number of benzene rings is 3. The first kappa shape index (κ1) is 36.1. The van der Waals surface area contributed by atoms with Crippen molar-refractivity contribution in [2.45, 2.75) is 36.3 Å². The van der Waals surface area contributed by atoms with E-state index >= 15 is 0 Å². The molecule has 55 heavy (non-hydrogen) atoms. The fourth-order valence-electron chi connectivity index (χ4n) is 9.36. The highest BCUT2D eigenvalue weighted by Crippen LogP contribution is 2.54. The summed E-state index contributed by atoms with van der Waals surface area (Å²) < 4.78 is 65.7. The maximum absolute atomic E-state index is 13.7. The molecule has 11 atom stereocenters. The van der Waals surface area contributed by atoms with Crippen molar-refractivity contribution in [1.82, 2.24) is 0 Å². The van der Waals surface area contributed by atoms with Crippen LogP contribution in [0.15, 0.2) is 66.4 Å². The third kappa shape index (κ3) is 5.80. The largest absolute Gasteiger partial charge is 0.504 e. The Morgan fingerprint density at radius 3 is 1.76 bits per heavy atom. The summed E-state index contributed by atoms with van der Waals surface area (Å²) in [6, 6.07) is 16.4. The van der Waals surface area contributed by atoms with Crippen molar-refractivity contribution < 1.29 is 67.1 Å². The van der Waals surface area contributed by atoms with E-state index in [4.69, 9.17) is 52.1 Å². The van der Waals surface area contributed by atoms with Gasteiger partial charge in [0.15, 0.2) is 52.8 Å². The second kappa shape index (κ2) is 14.2. The molecule has 3 aromatic rings. The molecular formula is C41H44O14. The number of methoxy groups -OCH3 is 4. The second-order valence-corrected chi connectivity index (χ2v) is 14.7. The Balaban J connectivity index is 0.938. The number of rotatable bonds is 10. The first-order valence-corrected chi connectivity index (χ1v) is 18.4. The lowest BCUT2D eigenvalue weighted by atomic mass is 9.75. The minimum atomic E-state index is -1.83. The molecule has 11 unspecified atom stereocenters. The number of carbonyl (C=O) groups excluding carboxylic acids is 1. The summed E-state index contributed by atoms with van der Waals surface area (Å²) >= 11 is 0. The maximum Gasteiger partial charge on any atom is 0.299 e. The Morgan fingerprint density at radius 1 is 0.636 bits per heavy atom. The average molecular weight is 761 g/mol. The number of carbonyl (C=O) groups is 1. The number of aliphatic hydroxyl groups is 1. The molecule has 2 N–H and O–H groups in total. The van der Waals surface area contributed by atoms with Crippen LogP contribution in [0, 0.1) is 29.6 Å². The van der Waals surface area contributed by atoms with Crippen LogP contribution in [0.3, 0.4) is 0 Å². The highest BCUT2D eigenvalue weighted by molar-refractivity contribution is 5.95. The van der Waals surface area contributed by atoms with E-state index in [0.29, 0.717) is 49.4 Å². The van der Waals surface area contributed by atoms with Gasteiger partial charge in [0, 0.05) is 29.7 Å². The summed E-state index contributed by atoms with van der Waals surface area (Å²) in [5, 5.41) is 22.2. The van der Waals surface area contributed by atoms with Crippen LogP contribution in [-0.4, -0.2) is 95.7 Å². The minimum absolute atomic E-state index is 0.0639. The Hall–Kier alpha value is -4.57. The summed E-state index contributed by atoms with van der Waals surface area (Å²) in [6.07, 6.45) is -1.60. The van der Waals surface area contributed by atoms with Crippen LogP contribution < -0.4 is 23.7 Å². The van der Waals surface area contributed by atoms with E-state index in [1.54, 1.807) is 32.4 Å². The van der Waals surface area contributed by atoms with Crippen LogP contribution >= 0.6 is 0 Å². The van der Waals surface area contributed by atoms with E-state index in [1.807, 2.05) is 36.4 Å². The van der Waals surface area contributed by atoms with Crippen LogP contribution in [0.5, 0.6) is 34.5 Å². The molecule has 0 radical (unpaired) electrons. The molecule has 6 aliphatic rings. The maximum atomic E-state index is 13.7. The molecule has 292 valence electrons. The van der Waals surface area contributed by atoms with E-state index in [0.717, 1.165) is 16.7 Å². The zero-order valence-corrected chi connectivity index (χ0v) is 30.9. The number of hydrogen-bond acceptors (Lipinski definition) is 14. The van der Waals surface area contributed by atoms with Crippen LogP contribution in [0.2, 0.25) is 0 Å². The van der Waals surface area contributed by atoms with Crippen molar-refractivity contribution in [1.29, 1.82) is 0 Å². The van der Waals surface area contributed by atoms with Crippen molar-refractivity contribution in [3.63, 3.8) is 0 Å². The number of hydrogen-bond donors (Lipinski definition) is 2. The summed E-state index contributed by atoms with van der Waals surface area (Å²) in [7, 11) is 6.22. The van der Waals surface area contributed by atoms with Crippen molar-refractivity contribution >= 4 is 5.78 Å². The predicted molar refractivity (Wildman–Crippen MR) is 190 cm³/mol. The summed E-state index contributed by atoms with van der Waals surface area (Å²) in [6.45, 7) is 1.42. The predicted octanol–water partition coefficient (Wildman–Crippen LogP) is 4.43. The number of ketones is 1. The molecule has 9 rings (SSSR count). The van der Waals surface area contributed by atoms with Gasteiger partial charge in [-0.15, -0.1) is 0 Å². The van der Waals surface area contributed by atoms with Gasteiger partial charge in [0.25, 0.3) is 5.79 Å². The van der Waals surface area contributed by atoms with Crippen LogP contribution in [0.1, 0.15) is 35.0 Å². The third-order valence-corrected chi connectivity index (χ3v) is 12.1. The van der Waals surface area contributed by atoms with Gasteiger partial charge in [-0.25, -0.2) is 0 Å². The van der Waals surface area contributed by atoms with Gasteiger partial charge >= 0.3 is 0 Å². The molecular weight excluding hydrogens is 716 g/mol. The third-order valence-electron chi connectivity index (χ3n) is 12.1. The van der Waals surface area contributed by atoms with Gasteiger partial charge in [0.2, 0.25) is 0 Å². The van der Waals surface area contributed by atoms with E-state index < -0.39 is 23.9 Å². The number of phenolic OH excluding ortho intramolecular Hbond substituents is 1. The lowest BCUT2D eigenvalue weighted by molar-refractivity contribution is -0.220. The topological polar surface area (TPSA) is 159 Å². The van der Waals surface area contributed by atoms with Crippen molar-refractivity contribution in [3.05, 3.63) is 83.1 Å². The molecule has 1 aliphatic carbocycles. The molecule has 0 bridgehead atoms. The standard InChI is InChI=1S/C41H44O14/c1-45-29-9-6-21(12-32(29)47-3)38-25-17-52-39(26(25)18-51-38)35-28(43)14-34-41(40(35)44,54-19-53-34)55-30-10-7-22(13-33(30)48-4)37-24-16-49-36(23(24)15-50-37)20-5-8-27(42)31(11-20)46-2/h5-14,23-26,35-40,42,44H,15-19H2,1-4H3. The molecule has 3 aromatic carbocycles. The summed E-state index contributed by atoms with van der Waals surface area (Å²) in [5.41, 5.74) is 2.69. The van der Waals surface area contributed by atoms with Gasteiger partial charge in [-0.2, -0.15) is 0 Å². The molecule has 0 aromatic heterocycles. The molecule has 5 saturated heterocycles. The molecule has 5 heterocycles. The molecule has 5 aliphatic heterocycles. The first-order chi connectivity index (χ1) is 26.8. The molecule has 14 heteroatoms. The number of ether oxygens (including phenoxy) is 11. The zero-order valence-electron chi connectivity index (χ0n) is 30.9. The van der Waals surface area contributed by atoms with E-state index in [9.17, 15) is 15.0 Å². The number of fused-ring (bicyclic) bond motifs is 3. The molecule has 14 nitrogen and oxygen atoms in total. The highest BCUT2D eigenvalue weighted by Gasteiger charge is 2.63. The minimum Gasteiger partial charge on any atom is -0.504 e. The number of phenols is 1. The lowest BCUT2D eigenvalue weighted by Gasteiger charge is -2.41. The molecule has 5 fully saturated rings. The normalized spacial score (nSPS) is 34.7. The smallest absolute Gasteiger partial charge is 0.299 e. The summed E-state index contributed by atoms with van der Waals surface area (Å²) in [4.78, 5) is 13.7. The monoisotopic (exact) mass is 760 g/mol. The number of aliphatic hydroxyl groups excluding tert-OH is 1. The van der Waals surface area contributed by atoms with Crippen molar-refractivity contribution in [2.24, 2.45) is 29.6 Å². The van der Waals surface area contributed by atoms with Crippen molar-refractivity contribution in [3.8, 4) is 34.5 Å². The quantitative estimate of drug-likeness (QED) is 0.299. The van der Waals surface area contributed by atoms with Gasteiger partial charge in [-0.05, 0) is 53.1 Å². The molecule has 0 spiro atoms. The summed E-state index contributed by atoms with van der Waals surface area (Å²) in [5.74, 6) is -0.898. The Morgan fingerprint density at radius 2 is 1.15 bits per heavy atom. The van der Waals surface area contributed by atoms with E-state index in [1.165, 1.54) is 20.3 Å². The SMILES string of the molecule is COc1cc(C2OCC3C(c4ccc(OC56OCOC5=CC(=O)C(C5OCC7C(c8ccc(OC)c(OC)c8)OCC75)C6O)c(OC)c4)OCC23)ccc1O. The van der Waals surface area contributed by atoms with Gasteiger partial charge in [-0.1, -0.05) is 18.2 Å². The van der Waals surface area contributed by atoms with E-state index in [-0.39, 0.29) is 71.8 Å². The van der Waals surface area contributed by atoms with Gasteiger partial charge in [-0.3, -0.25) is 9.53 Å². The Bertz CT molecular complexity index is 1980. The lowest BCUT2D eigenvalue weighted by Crippen LogP contribution is -2.59. The average Bonchev–Trinajstić information content (AvgIpc) is 4.04. The van der Waals surface area contributed by atoms with Gasteiger partial charge in [0.1, 0.15) is 6.10 Å². The van der Waals surface area contributed by atoms with Gasteiger partial charge in [0.05, 0.1) is 85.2 Å². The first-order valence-electron chi connectivity index (χ1n) is 18.4. The fourth-order valence-corrected chi connectivity index (χ4v) is 9.36. The Labute approximate surface area is 317 Å². The molecule has 0 saturated carbocycles. The van der Waals surface area contributed by atoms with E-state index in [2.05, 4.69) is 0 Å². The number of allylic oxidation sites excluding steroid dienone is 1. The highest BCUT2D eigenvalue weighted by atomic mass is 16.8. The Kier molecular flexibility index (Phi) is 9.30. The second-order valence-electron chi connectivity index (χ2n) is 14.7. The fraction of sp³-hybridized carbons (Fsp3) is 0.488. The molecule has 0 amide bonds. The zero-order chi connectivity index (χ0) is 38.0. The van der Waals surface area contributed by atoms with Crippen LogP contribution in [0.4, 0.5) is 0 Å². The van der Waals surface area contributed by atoms with Crippen LogP contribution in [-0.2, 0) is 33.2 Å².